The number of aryl methyl sites for hydroxylation is 1. The van der Waals surface area contributed by atoms with Crippen molar-refractivity contribution in [3.05, 3.63) is 35.4 Å². The van der Waals surface area contributed by atoms with Gasteiger partial charge in [-0.2, -0.15) is 0 Å². The van der Waals surface area contributed by atoms with Gasteiger partial charge in [0.1, 0.15) is 0 Å². The van der Waals surface area contributed by atoms with Gasteiger partial charge in [-0.3, -0.25) is 4.79 Å². The van der Waals surface area contributed by atoms with Crippen molar-refractivity contribution in [3.8, 4) is 0 Å². The van der Waals surface area contributed by atoms with Crippen molar-refractivity contribution >= 4 is 17.5 Å². The summed E-state index contributed by atoms with van der Waals surface area (Å²) in [6.45, 7) is 3.55. The molecular formula is C13H16ClNO. The standard InChI is InChI=1S/C13H16ClNO/c1-10-3-2-4-11(7-10)8-13(16)15-6-5-12(14)9-15/h2-4,7,12H,5-6,8-9H2,1H3. The molecule has 1 aliphatic rings. The molecule has 16 heavy (non-hydrogen) atoms. The van der Waals surface area contributed by atoms with Crippen LogP contribution in [0.4, 0.5) is 0 Å². The van der Waals surface area contributed by atoms with Crippen molar-refractivity contribution in [2.45, 2.75) is 25.1 Å². The van der Waals surface area contributed by atoms with E-state index in [0.717, 1.165) is 18.5 Å². The highest BCUT2D eigenvalue weighted by molar-refractivity contribution is 6.21. The average Bonchev–Trinajstić information content (AvgIpc) is 2.65. The number of alkyl halides is 1. The summed E-state index contributed by atoms with van der Waals surface area (Å²) in [5, 5.41) is 0.140. The minimum absolute atomic E-state index is 0.140. The van der Waals surface area contributed by atoms with E-state index in [9.17, 15) is 4.79 Å². The zero-order chi connectivity index (χ0) is 11.5. The Morgan fingerprint density at radius 3 is 3.00 bits per heavy atom. The maximum atomic E-state index is 11.9. The SMILES string of the molecule is Cc1cccc(CC(=O)N2CCC(Cl)C2)c1. The van der Waals surface area contributed by atoms with E-state index in [1.807, 2.05) is 30.0 Å². The zero-order valence-corrected chi connectivity index (χ0v) is 10.2. The molecule has 0 bridgehead atoms. The Bertz CT molecular complexity index is 391. The van der Waals surface area contributed by atoms with Crippen molar-refractivity contribution < 1.29 is 4.79 Å². The van der Waals surface area contributed by atoms with Crippen LogP contribution in [-0.2, 0) is 11.2 Å². The van der Waals surface area contributed by atoms with Crippen LogP contribution in [0.25, 0.3) is 0 Å². The van der Waals surface area contributed by atoms with Crippen LogP contribution in [0.1, 0.15) is 17.5 Å². The fourth-order valence-corrected chi connectivity index (χ4v) is 2.32. The quantitative estimate of drug-likeness (QED) is 0.724. The molecule has 1 aromatic rings. The van der Waals surface area contributed by atoms with E-state index in [4.69, 9.17) is 11.6 Å². The molecule has 3 heteroatoms. The van der Waals surface area contributed by atoms with Crippen LogP contribution in [-0.4, -0.2) is 29.3 Å². The van der Waals surface area contributed by atoms with Gasteiger partial charge >= 0.3 is 0 Å². The van der Waals surface area contributed by atoms with Crippen molar-refractivity contribution in [2.75, 3.05) is 13.1 Å². The topological polar surface area (TPSA) is 20.3 Å². The van der Waals surface area contributed by atoms with E-state index in [1.165, 1.54) is 5.56 Å². The van der Waals surface area contributed by atoms with Crippen LogP contribution < -0.4 is 0 Å². The van der Waals surface area contributed by atoms with Crippen molar-refractivity contribution in [1.82, 2.24) is 4.90 Å². The zero-order valence-electron chi connectivity index (χ0n) is 9.45. The summed E-state index contributed by atoms with van der Waals surface area (Å²) in [5.74, 6) is 0.189. The number of nitrogens with zero attached hydrogens (tertiary/aromatic N) is 1. The molecule has 1 amide bonds. The normalized spacial score (nSPS) is 20.1. The third-order valence-corrected chi connectivity index (χ3v) is 3.28. The Labute approximate surface area is 101 Å². The number of rotatable bonds is 2. The smallest absolute Gasteiger partial charge is 0.227 e. The van der Waals surface area contributed by atoms with Crippen LogP contribution in [0.3, 0.4) is 0 Å². The van der Waals surface area contributed by atoms with E-state index >= 15 is 0 Å². The molecule has 1 aliphatic heterocycles. The van der Waals surface area contributed by atoms with Gasteiger partial charge in [-0.05, 0) is 18.9 Å². The average molecular weight is 238 g/mol. The van der Waals surface area contributed by atoms with Gasteiger partial charge in [-0.15, -0.1) is 11.6 Å². The first-order valence-electron chi connectivity index (χ1n) is 5.62. The van der Waals surface area contributed by atoms with Crippen molar-refractivity contribution in [2.24, 2.45) is 0 Å². The first kappa shape index (κ1) is 11.5. The van der Waals surface area contributed by atoms with Crippen LogP contribution >= 0.6 is 11.6 Å². The summed E-state index contributed by atoms with van der Waals surface area (Å²) >= 11 is 5.99. The summed E-state index contributed by atoms with van der Waals surface area (Å²) in [4.78, 5) is 13.8. The minimum atomic E-state index is 0.140. The molecule has 0 N–H and O–H groups in total. The second kappa shape index (κ2) is 4.88. The molecule has 2 nitrogen and oxygen atoms in total. The molecule has 0 spiro atoms. The van der Waals surface area contributed by atoms with Gasteiger partial charge in [0.25, 0.3) is 0 Å². The van der Waals surface area contributed by atoms with E-state index < -0.39 is 0 Å². The number of likely N-dealkylation sites (tertiary alicyclic amines) is 1. The van der Waals surface area contributed by atoms with Gasteiger partial charge in [-0.25, -0.2) is 0 Å². The Hall–Kier alpha value is -1.02. The predicted molar refractivity (Wildman–Crippen MR) is 65.7 cm³/mol. The summed E-state index contributed by atoms with van der Waals surface area (Å²) in [7, 11) is 0. The second-order valence-corrected chi connectivity index (χ2v) is 5.01. The highest BCUT2D eigenvalue weighted by Gasteiger charge is 2.24. The van der Waals surface area contributed by atoms with E-state index in [2.05, 4.69) is 6.07 Å². The van der Waals surface area contributed by atoms with E-state index in [0.29, 0.717) is 13.0 Å². The molecule has 1 saturated heterocycles. The number of hydrogen-bond acceptors (Lipinski definition) is 1. The Morgan fingerprint density at radius 1 is 1.56 bits per heavy atom. The molecule has 1 heterocycles. The van der Waals surface area contributed by atoms with Crippen molar-refractivity contribution in [1.29, 1.82) is 0 Å². The third-order valence-electron chi connectivity index (χ3n) is 2.92. The summed E-state index contributed by atoms with van der Waals surface area (Å²) in [5.41, 5.74) is 2.28. The highest BCUT2D eigenvalue weighted by atomic mass is 35.5. The maximum absolute atomic E-state index is 11.9. The van der Waals surface area contributed by atoms with Gasteiger partial charge < -0.3 is 4.90 Å². The highest BCUT2D eigenvalue weighted by Crippen LogP contribution is 2.16. The van der Waals surface area contributed by atoms with Gasteiger partial charge in [-0.1, -0.05) is 29.8 Å². The molecule has 0 aliphatic carbocycles. The van der Waals surface area contributed by atoms with Crippen LogP contribution in [0.5, 0.6) is 0 Å². The molecule has 1 unspecified atom stereocenters. The largest absolute Gasteiger partial charge is 0.341 e. The fraction of sp³-hybridized carbons (Fsp3) is 0.462. The Morgan fingerprint density at radius 2 is 2.38 bits per heavy atom. The number of hydrogen-bond donors (Lipinski definition) is 0. The van der Waals surface area contributed by atoms with Gasteiger partial charge in [0.05, 0.1) is 11.8 Å². The fourth-order valence-electron chi connectivity index (χ4n) is 2.05. The third kappa shape index (κ3) is 2.76. The molecule has 86 valence electrons. The molecule has 1 aromatic carbocycles. The predicted octanol–water partition coefficient (Wildman–Crippen LogP) is 2.38. The second-order valence-electron chi connectivity index (χ2n) is 4.39. The molecular weight excluding hydrogens is 222 g/mol. The summed E-state index contributed by atoms with van der Waals surface area (Å²) < 4.78 is 0. The summed E-state index contributed by atoms with van der Waals surface area (Å²) in [6, 6.07) is 8.09. The molecule has 0 saturated carbocycles. The number of benzene rings is 1. The first-order valence-corrected chi connectivity index (χ1v) is 6.06. The number of amides is 1. The lowest BCUT2D eigenvalue weighted by atomic mass is 10.1. The minimum Gasteiger partial charge on any atom is -0.341 e. The molecule has 1 atom stereocenters. The number of carbonyl (C=O) groups is 1. The summed E-state index contributed by atoms with van der Waals surface area (Å²) in [6.07, 6.45) is 1.41. The van der Waals surface area contributed by atoms with E-state index in [1.54, 1.807) is 0 Å². The van der Waals surface area contributed by atoms with Crippen LogP contribution in [0, 0.1) is 6.92 Å². The lowest BCUT2D eigenvalue weighted by Gasteiger charge is -2.15. The monoisotopic (exact) mass is 237 g/mol. The Balaban J connectivity index is 1.97. The number of halogens is 1. The maximum Gasteiger partial charge on any atom is 0.227 e. The van der Waals surface area contributed by atoms with Crippen molar-refractivity contribution in [3.63, 3.8) is 0 Å². The van der Waals surface area contributed by atoms with Gasteiger partial charge in [0, 0.05) is 13.1 Å². The van der Waals surface area contributed by atoms with Crippen LogP contribution in [0.2, 0.25) is 0 Å². The first-order chi connectivity index (χ1) is 7.65. The lowest BCUT2D eigenvalue weighted by molar-refractivity contribution is -0.129. The molecule has 0 radical (unpaired) electrons. The van der Waals surface area contributed by atoms with Crippen LogP contribution in [0.15, 0.2) is 24.3 Å². The Kier molecular flexibility index (Phi) is 3.49. The van der Waals surface area contributed by atoms with E-state index in [-0.39, 0.29) is 11.3 Å². The van der Waals surface area contributed by atoms with Gasteiger partial charge in [0.15, 0.2) is 0 Å². The van der Waals surface area contributed by atoms with Gasteiger partial charge in [0.2, 0.25) is 5.91 Å². The molecule has 2 rings (SSSR count). The molecule has 1 fully saturated rings. The molecule has 0 aromatic heterocycles. The lowest BCUT2D eigenvalue weighted by Crippen LogP contribution is -2.30. The number of carbonyl (C=O) groups excluding carboxylic acids is 1.